The number of aryl methyl sites for hydroxylation is 1. The molecule has 0 radical (unpaired) electrons. The first-order valence-electron chi connectivity index (χ1n) is 7.51. The molecule has 0 amide bonds. The van der Waals surface area contributed by atoms with Crippen molar-refractivity contribution in [1.82, 2.24) is 9.38 Å². The Morgan fingerprint density at radius 1 is 0.818 bits per heavy atom. The Bertz CT molecular complexity index is 1120. The minimum absolute atomic E-state index is 1.01. The van der Waals surface area contributed by atoms with Gasteiger partial charge in [-0.25, -0.2) is 4.98 Å². The monoisotopic (exact) mass is 282 g/mol. The van der Waals surface area contributed by atoms with Gasteiger partial charge in [0, 0.05) is 16.3 Å². The highest BCUT2D eigenvalue weighted by Gasteiger charge is 2.18. The van der Waals surface area contributed by atoms with Gasteiger partial charge < -0.3 is 0 Å². The molecule has 5 rings (SSSR count). The molecule has 22 heavy (non-hydrogen) atoms. The fourth-order valence-corrected chi connectivity index (χ4v) is 3.43. The average Bonchev–Trinajstić information content (AvgIpc) is 3.09. The zero-order chi connectivity index (χ0) is 14.7. The van der Waals surface area contributed by atoms with Crippen LogP contribution in [-0.2, 0) is 0 Å². The molecule has 2 aromatic carbocycles. The maximum Gasteiger partial charge on any atom is 0.138 e. The van der Waals surface area contributed by atoms with Crippen LogP contribution in [0.4, 0.5) is 0 Å². The summed E-state index contributed by atoms with van der Waals surface area (Å²) >= 11 is 0. The van der Waals surface area contributed by atoms with Gasteiger partial charge in [-0.3, -0.25) is 4.40 Å². The highest BCUT2D eigenvalue weighted by atomic mass is 15.0. The minimum atomic E-state index is 1.01. The van der Waals surface area contributed by atoms with Gasteiger partial charge in [0.2, 0.25) is 0 Å². The quantitative estimate of drug-likeness (QED) is 0.420. The van der Waals surface area contributed by atoms with Crippen molar-refractivity contribution >= 4 is 27.5 Å². The molecule has 0 aliphatic carbocycles. The standard InChI is InChI=1S/C20H14N2/c1-13-10-11-15-16(12-13)17-8-5-9-18-21-19(20(15)22(17)18)14-6-3-2-4-7-14/h2-12H,1H3. The van der Waals surface area contributed by atoms with Gasteiger partial charge >= 0.3 is 0 Å². The molecule has 0 fully saturated rings. The molecule has 0 unspecified atom stereocenters. The van der Waals surface area contributed by atoms with Crippen LogP contribution >= 0.6 is 0 Å². The van der Waals surface area contributed by atoms with E-state index in [1.54, 1.807) is 0 Å². The highest BCUT2D eigenvalue weighted by molar-refractivity contribution is 6.13. The summed E-state index contributed by atoms with van der Waals surface area (Å²) < 4.78 is 2.28. The Balaban J connectivity index is 2.05. The SMILES string of the molecule is Cc1ccc2c(c1)c1cccc3nc(-c4ccccc4)c2n31. The second-order valence-corrected chi connectivity index (χ2v) is 5.83. The van der Waals surface area contributed by atoms with Gasteiger partial charge in [0.05, 0.1) is 16.7 Å². The summed E-state index contributed by atoms with van der Waals surface area (Å²) in [6.45, 7) is 2.14. The second kappa shape index (κ2) is 4.08. The second-order valence-electron chi connectivity index (χ2n) is 5.83. The molecule has 0 saturated carbocycles. The van der Waals surface area contributed by atoms with Gasteiger partial charge in [-0.2, -0.15) is 0 Å². The van der Waals surface area contributed by atoms with E-state index in [2.05, 4.69) is 72.0 Å². The summed E-state index contributed by atoms with van der Waals surface area (Å²) in [6, 6.07) is 23.5. The van der Waals surface area contributed by atoms with Crippen LogP contribution in [0.2, 0.25) is 0 Å². The van der Waals surface area contributed by atoms with Gasteiger partial charge in [0.15, 0.2) is 0 Å². The number of imidazole rings is 1. The Labute approximate surface area is 128 Å². The number of aromatic nitrogens is 2. The Hall–Kier alpha value is -2.87. The van der Waals surface area contributed by atoms with E-state index in [0.717, 1.165) is 11.3 Å². The number of rotatable bonds is 1. The third kappa shape index (κ3) is 1.41. The first-order valence-corrected chi connectivity index (χ1v) is 7.51. The van der Waals surface area contributed by atoms with Crippen LogP contribution in [0.1, 0.15) is 5.56 Å². The fraction of sp³-hybridized carbons (Fsp3) is 0.0500. The molecular weight excluding hydrogens is 268 g/mol. The highest BCUT2D eigenvalue weighted by Crippen LogP contribution is 2.37. The van der Waals surface area contributed by atoms with E-state index in [1.165, 1.54) is 32.9 Å². The number of nitrogens with zero attached hydrogens (tertiary/aromatic N) is 2. The van der Waals surface area contributed by atoms with Crippen LogP contribution in [0.15, 0.2) is 66.7 Å². The van der Waals surface area contributed by atoms with Gasteiger partial charge in [-0.15, -0.1) is 0 Å². The topological polar surface area (TPSA) is 17.3 Å². The molecule has 5 aromatic rings. The van der Waals surface area contributed by atoms with Crippen molar-refractivity contribution in [2.24, 2.45) is 0 Å². The van der Waals surface area contributed by atoms with Crippen molar-refractivity contribution in [3.63, 3.8) is 0 Å². The molecule has 0 bridgehead atoms. The largest absolute Gasteiger partial charge is 0.292 e. The maximum atomic E-state index is 4.88. The molecule has 0 aliphatic rings. The molecule has 0 spiro atoms. The summed E-state index contributed by atoms with van der Waals surface area (Å²) in [4.78, 5) is 4.88. The fourth-order valence-electron chi connectivity index (χ4n) is 3.43. The first kappa shape index (κ1) is 11.8. The molecule has 0 aliphatic heterocycles. The Morgan fingerprint density at radius 2 is 1.68 bits per heavy atom. The molecule has 3 aromatic heterocycles. The van der Waals surface area contributed by atoms with Gasteiger partial charge in [0.1, 0.15) is 5.65 Å². The normalized spacial score (nSPS) is 11.9. The number of fused-ring (bicyclic) bond motifs is 3. The van der Waals surface area contributed by atoms with Crippen LogP contribution < -0.4 is 0 Å². The third-order valence-corrected chi connectivity index (χ3v) is 4.40. The number of benzene rings is 2. The third-order valence-electron chi connectivity index (χ3n) is 4.40. The lowest BCUT2D eigenvalue weighted by atomic mass is 10.1. The summed E-state index contributed by atoms with van der Waals surface area (Å²) in [5.41, 5.74) is 6.99. The summed E-state index contributed by atoms with van der Waals surface area (Å²) in [5.74, 6) is 0. The molecule has 0 saturated heterocycles. The van der Waals surface area contributed by atoms with E-state index in [0.29, 0.717) is 0 Å². The van der Waals surface area contributed by atoms with Crippen molar-refractivity contribution in [3.05, 3.63) is 72.3 Å². The van der Waals surface area contributed by atoms with E-state index in [4.69, 9.17) is 4.98 Å². The van der Waals surface area contributed by atoms with Crippen LogP contribution in [0.5, 0.6) is 0 Å². The molecule has 0 atom stereocenters. The van der Waals surface area contributed by atoms with Crippen LogP contribution in [-0.4, -0.2) is 9.38 Å². The number of hydrogen-bond acceptors (Lipinski definition) is 1. The van der Waals surface area contributed by atoms with Crippen molar-refractivity contribution in [2.45, 2.75) is 6.92 Å². The van der Waals surface area contributed by atoms with E-state index < -0.39 is 0 Å². The Morgan fingerprint density at radius 3 is 2.55 bits per heavy atom. The molecule has 104 valence electrons. The van der Waals surface area contributed by atoms with Crippen LogP contribution in [0.25, 0.3) is 38.7 Å². The molecule has 3 heterocycles. The van der Waals surface area contributed by atoms with E-state index in [1.807, 2.05) is 6.07 Å². The van der Waals surface area contributed by atoms with Crippen molar-refractivity contribution in [3.8, 4) is 11.3 Å². The molecule has 2 nitrogen and oxygen atoms in total. The lowest BCUT2D eigenvalue weighted by Crippen LogP contribution is -1.80. The average molecular weight is 282 g/mol. The van der Waals surface area contributed by atoms with Gasteiger partial charge in [-0.05, 0) is 25.1 Å². The van der Waals surface area contributed by atoms with E-state index >= 15 is 0 Å². The molecule has 0 N–H and O–H groups in total. The van der Waals surface area contributed by atoms with Gasteiger partial charge in [-0.1, -0.05) is 54.1 Å². The predicted molar refractivity (Wildman–Crippen MR) is 91.6 cm³/mol. The van der Waals surface area contributed by atoms with Crippen LogP contribution in [0, 0.1) is 6.92 Å². The smallest absolute Gasteiger partial charge is 0.138 e. The predicted octanol–water partition coefficient (Wildman–Crippen LogP) is 5.05. The van der Waals surface area contributed by atoms with E-state index in [9.17, 15) is 0 Å². The van der Waals surface area contributed by atoms with Crippen molar-refractivity contribution in [1.29, 1.82) is 0 Å². The molecule has 2 heteroatoms. The minimum Gasteiger partial charge on any atom is -0.292 e. The molecular formula is C20H14N2. The zero-order valence-electron chi connectivity index (χ0n) is 12.2. The maximum absolute atomic E-state index is 4.88. The van der Waals surface area contributed by atoms with Crippen LogP contribution in [0.3, 0.4) is 0 Å². The van der Waals surface area contributed by atoms with Crippen molar-refractivity contribution in [2.75, 3.05) is 0 Å². The summed E-state index contributed by atoms with van der Waals surface area (Å²) in [6.07, 6.45) is 0. The summed E-state index contributed by atoms with van der Waals surface area (Å²) in [5, 5.41) is 2.58. The zero-order valence-corrected chi connectivity index (χ0v) is 12.2. The summed E-state index contributed by atoms with van der Waals surface area (Å²) in [7, 11) is 0. The lowest BCUT2D eigenvalue weighted by Gasteiger charge is -1.98. The number of hydrogen-bond donors (Lipinski definition) is 0. The van der Waals surface area contributed by atoms with E-state index in [-0.39, 0.29) is 0 Å². The first-order chi connectivity index (χ1) is 10.8. The Kier molecular flexibility index (Phi) is 2.18. The number of pyridine rings is 1. The van der Waals surface area contributed by atoms with Crippen molar-refractivity contribution < 1.29 is 0 Å². The van der Waals surface area contributed by atoms with Gasteiger partial charge in [0.25, 0.3) is 0 Å². The lowest BCUT2D eigenvalue weighted by molar-refractivity contribution is 1.31.